The smallest absolute Gasteiger partial charge is 0.219 e. The minimum absolute atomic E-state index is 0.137. The Labute approximate surface area is 104 Å². The van der Waals surface area contributed by atoms with Crippen molar-refractivity contribution in [3.8, 4) is 0 Å². The molecule has 0 unspecified atom stereocenters. The lowest BCUT2D eigenvalue weighted by atomic mass is 10.0. The SMILES string of the molecule is CCC(CC)c1nnc(CCNC(C)(C)C)o1. The molecule has 0 amide bonds. The molecule has 0 aromatic carbocycles. The fourth-order valence-electron chi connectivity index (χ4n) is 1.71. The van der Waals surface area contributed by atoms with Gasteiger partial charge in [-0.2, -0.15) is 0 Å². The average molecular weight is 239 g/mol. The molecule has 0 saturated carbocycles. The molecule has 4 heteroatoms. The van der Waals surface area contributed by atoms with E-state index in [2.05, 4.69) is 50.1 Å². The van der Waals surface area contributed by atoms with Crippen LogP contribution in [0.3, 0.4) is 0 Å². The quantitative estimate of drug-likeness (QED) is 0.829. The van der Waals surface area contributed by atoms with E-state index in [1.807, 2.05) is 0 Å². The van der Waals surface area contributed by atoms with Crippen LogP contribution in [0.25, 0.3) is 0 Å². The van der Waals surface area contributed by atoms with E-state index < -0.39 is 0 Å². The number of hydrogen-bond acceptors (Lipinski definition) is 4. The molecule has 0 atom stereocenters. The van der Waals surface area contributed by atoms with Crippen molar-refractivity contribution in [3.05, 3.63) is 11.8 Å². The first-order valence-electron chi connectivity index (χ1n) is 6.53. The van der Waals surface area contributed by atoms with Gasteiger partial charge in [0.1, 0.15) is 0 Å². The van der Waals surface area contributed by atoms with Crippen LogP contribution >= 0.6 is 0 Å². The lowest BCUT2D eigenvalue weighted by Crippen LogP contribution is -2.37. The number of nitrogens with one attached hydrogen (secondary N) is 1. The van der Waals surface area contributed by atoms with E-state index >= 15 is 0 Å². The van der Waals surface area contributed by atoms with E-state index in [-0.39, 0.29) is 5.54 Å². The summed E-state index contributed by atoms with van der Waals surface area (Å²) in [7, 11) is 0. The van der Waals surface area contributed by atoms with Crippen molar-refractivity contribution in [2.45, 2.75) is 65.3 Å². The summed E-state index contributed by atoms with van der Waals surface area (Å²) in [5.41, 5.74) is 0.137. The molecule has 0 bridgehead atoms. The minimum Gasteiger partial charge on any atom is -0.425 e. The molecular formula is C13H25N3O. The fraction of sp³-hybridized carbons (Fsp3) is 0.846. The number of hydrogen-bond donors (Lipinski definition) is 1. The topological polar surface area (TPSA) is 51.0 Å². The summed E-state index contributed by atoms with van der Waals surface area (Å²) in [6.07, 6.45) is 2.90. The van der Waals surface area contributed by atoms with Crippen molar-refractivity contribution in [3.63, 3.8) is 0 Å². The van der Waals surface area contributed by atoms with Crippen molar-refractivity contribution in [1.29, 1.82) is 0 Å². The van der Waals surface area contributed by atoms with Crippen molar-refractivity contribution < 1.29 is 4.42 Å². The van der Waals surface area contributed by atoms with Gasteiger partial charge in [-0.3, -0.25) is 0 Å². The molecule has 1 rings (SSSR count). The third-order valence-corrected chi connectivity index (χ3v) is 2.81. The Hall–Kier alpha value is -0.900. The van der Waals surface area contributed by atoms with E-state index in [1.54, 1.807) is 0 Å². The zero-order chi connectivity index (χ0) is 12.9. The highest BCUT2D eigenvalue weighted by molar-refractivity contribution is 4.91. The van der Waals surface area contributed by atoms with Gasteiger partial charge in [-0.25, -0.2) is 0 Å². The van der Waals surface area contributed by atoms with Crippen molar-refractivity contribution in [1.82, 2.24) is 15.5 Å². The monoisotopic (exact) mass is 239 g/mol. The largest absolute Gasteiger partial charge is 0.425 e. The highest BCUT2D eigenvalue weighted by atomic mass is 16.4. The summed E-state index contributed by atoms with van der Waals surface area (Å²) >= 11 is 0. The standard InChI is InChI=1S/C13H25N3O/c1-6-10(7-2)12-16-15-11(17-12)8-9-14-13(3,4)5/h10,14H,6-9H2,1-5H3. The zero-order valence-corrected chi connectivity index (χ0v) is 11.7. The maximum atomic E-state index is 5.68. The van der Waals surface area contributed by atoms with Crippen LogP contribution in [0.1, 0.15) is 65.2 Å². The Morgan fingerprint density at radius 3 is 2.35 bits per heavy atom. The highest BCUT2D eigenvalue weighted by Gasteiger charge is 2.15. The number of nitrogens with zero attached hydrogens (tertiary/aromatic N) is 2. The second kappa shape index (κ2) is 6.15. The average Bonchev–Trinajstić information content (AvgIpc) is 2.67. The first-order chi connectivity index (χ1) is 7.96. The summed E-state index contributed by atoms with van der Waals surface area (Å²) in [6.45, 7) is 11.6. The van der Waals surface area contributed by atoms with Gasteiger partial charge in [0.2, 0.25) is 11.8 Å². The molecule has 0 aliphatic carbocycles. The number of aromatic nitrogens is 2. The molecule has 0 aliphatic heterocycles. The Bertz CT molecular complexity index is 324. The molecule has 17 heavy (non-hydrogen) atoms. The first-order valence-corrected chi connectivity index (χ1v) is 6.53. The first kappa shape index (κ1) is 14.2. The van der Waals surface area contributed by atoms with Gasteiger partial charge in [-0.05, 0) is 33.6 Å². The predicted molar refractivity (Wildman–Crippen MR) is 69.1 cm³/mol. The van der Waals surface area contributed by atoms with Gasteiger partial charge in [0.05, 0.1) is 0 Å². The second-order valence-electron chi connectivity index (χ2n) is 5.47. The molecular weight excluding hydrogens is 214 g/mol. The van der Waals surface area contributed by atoms with Crippen LogP contribution in [0.5, 0.6) is 0 Å². The molecule has 1 N–H and O–H groups in total. The zero-order valence-electron chi connectivity index (χ0n) is 11.7. The van der Waals surface area contributed by atoms with Crippen LogP contribution in [-0.2, 0) is 6.42 Å². The summed E-state index contributed by atoms with van der Waals surface area (Å²) < 4.78 is 5.68. The van der Waals surface area contributed by atoms with Gasteiger partial charge in [0.15, 0.2) is 0 Å². The lowest BCUT2D eigenvalue weighted by Gasteiger charge is -2.19. The molecule has 98 valence electrons. The Kier molecular flexibility index (Phi) is 5.12. The van der Waals surface area contributed by atoms with Gasteiger partial charge in [0, 0.05) is 24.4 Å². The predicted octanol–water partition coefficient (Wildman–Crippen LogP) is 2.90. The maximum Gasteiger partial charge on any atom is 0.219 e. The van der Waals surface area contributed by atoms with E-state index in [0.29, 0.717) is 5.92 Å². The molecule has 1 aromatic heterocycles. The summed E-state index contributed by atoms with van der Waals surface area (Å²) in [5, 5.41) is 11.6. The minimum atomic E-state index is 0.137. The summed E-state index contributed by atoms with van der Waals surface area (Å²) in [4.78, 5) is 0. The summed E-state index contributed by atoms with van der Waals surface area (Å²) in [5.74, 6) is 1.94. The van der Waals surface area contributed by atoms with E-state index in [4.69, 9.17) is 4.42 Å². The molecule has 0 fully saturated rings. The lowest BCUT2D eigenvalue weighted by molar-refractivity contribution is 0.383. The third-order valence-electron chi connectivity index (χ3n) is 2.81. The molecule has 1 aromatic rings. The van der Waals surface area contributed by atoms with Crippen LogP contribution < -0.4 is 5.32 Å². The Balaban J connectivity index is 2.46. The molecule has 0 spiro atoms. The molecule has 0 radical (unpaired) electrons. The normalized spacial score (nSPS) is 12.4. The van der Waals surface area contributed by atoms with Gasteiger partial charge >= 0.3 is 0 Å². The van der Waals surface area contributed by atoms with Crippen LogP contribution in [-0.4, -0.2) is 22.3 Å². The van der Waals surface area contributed by atoms with Crippen molar-refractivity contribution in [2.24, 2.45) is 0 Å². The maximum absolute atomic E-state index is 5.68. The van der Waals surface area contributed by atoms with Crippen LogP contribution in [0, 0.1) is 0 Å². The van der Waals surface area contributed by atoms with Crippen molar-refractivity contribution >= 4 is 0 Å². The molecule has 0 aliphatic rings. The second-order valence-corrected chi connectivity index (χ2v) is 5.47. The highest BCUT2D eigenvalue weighted by Crippen LogP contribution is 2.21. The molecule has 0 saturated heterocycles. The Morgan fingerprint density at radius 2 is 1.82 bits per heavy atom. The van der Waals surface area contributed by atoms with Gasteiger partial charge in [0.25, 0.3) is 0 Å². The van der Waals surface area contributed by atoms with E-state index in [9.17, 15) is 0 Å². The summed E-state index contributed by atoms with van der Waals surface area (Å²) in [6, 6.07) is 0. The molecule has 1 heterocycles. The van der Waals surface area contributed by atoms with Gasteiger partial charge in [-0.1, -0.05) is 13.8 Å². The van der Waals surface area contributed by atoms with Gasteiger partial charge in [-0.15, -0.1) is 10.2 Å². The van der Waals surface area contributed by atoms with E-state index in [0.717, 1.165) is 37.6 Å². The third kappa shape index (κ3) is 4.86. The fourth-order valence-corrected chi connectivity index (χ4v) is 1.71. The van der Waals surface area contributed by atoms with Crippen molar-refractivity contribution in [2.75, 3.05) is 6.54 Å². The van der Waals surface area contributed by atoms with Crippen LogP contribution in [0.4, 0.5) is 0 Å². The van der Waals surface area contributed by atoms with E-state index in [1.165, 1.54) is 0 Å². The van der Waals surface area contributed by atoms with Crippen LogP contribution in [0.15, 0.2) is 4.42 Å². The molecule has 4 nitrogen and oxygen atoms in total. The van der Waals surface area contributed by atoms with Gasteiger partial charge < -0.3 is 9.73 Å². The van der Waals surface area contributed by atoms with Crippen LogP contribution in [0.2, 0.25) is 0 Å². The number of rotatable bonds is 6. The Morgan fingerprint density at radius 1 is 1.18 bits per heavy atom.